The molecule has 1 aromatic rings. The lowest BCUT2D eigenvalue weighted by Gasteiger charge is -2.45. The number of imidazole rings is 1. The lowest BCUT2D eigenvalue weighted by Crippen LogP contribution is -2.51. The number of nitrogens with two attached hydrogens (primary N) is 1. The van der Waals surface area contributed by atoms with Crippen LogP contribution in [0.4, 0.5) is 0 Å². The van der Waals surface area contributed by atoms with E-state index in [4.69, 9.17) is 5.73 Å². The third kappa shape index (κ3) is 2.94. The molecule has 3 heteroatoms. The Hall–Kier alpha value is -0.830. The molecular formula is C15H27N3. The maximum atomic E-state index is 6.69. The van der Waals surface area contributed by atoms with Crippen molar-refractivity contribution in [3.8, 4) is 0 Å². The van der Waals surface area contributed by atoms with Crippen LogP contribution in [0.3, 0.4) is 0 Å². The highest BCUT2D eigenvalue weighted by molar-refractivity contribution is 5.05. The zero-order valence-corrected chi connectivity index (χ0v) is 12.2. The van der Waals surface area contributed by atoms with E-state index in [0.717, 1.165) is 31.6 Å². The van der Waals surface area contributed by atoms with Gasteiger partial charge < -0.3 is 10.3 Å². The van der Waals surface area contributed by atoms with Gasteiger partial charge in [-0.3, -0.25) is 0 Å². The Balaban J connectivity index is 2.16. The largest absolute Gasteiger partial charge is 0.335 e. The molecule has 0 radical (unpaired) electrons. The molecule has 3 nitrogen and oxygen atoms in total. The van der Waals surface area contributed by atoms with Crippen LogP contribution in [0.15, 0.2) is 12.4 Å². The Bertz CT molecular complexity index is 408. The molecule has 0 amide bonds. The van der Waals surface area contributed by atoms with Gasteiger partial charge in [0, 0.05) is 30.9 Å². The second-order valence-electron chi connectivity index (χ2n) is 7.02. The minimum absolute atomic E-state index is 0.0839. The summed E-state index contributed by atoms with van der Waals surface area (Å²) in [7, 11) is 0. The van der Waals surface area contributed by atoms with E-state index >= 15 is 0 Å². The number of nitrogens with zero attached hydrogens (tertiary/aromatic N) is 2. The molecule has 1 saturated carbocycles. The van der Waals surface area contributed by atoms with Crippen molar-refractivity contribution in [3.63, 3.8) is 0 Å². The highest BCUT2D eigenvalue weighted by Gasteiger charge is 2.40. The normalized spacial score (nSPS) is 31.5. The molecule has 0 saturated heterocycles. The van der Waals surface area contributed by atoms with E-state index < -0.39 is 0 Å². The zero-order chi connectivity index (χ0) is 13.4. The summed E-state index contributed by atoms with van der Waals surface area (Å²) >= 11 is 0. The predicted octanol–water partition coefficient (Wildman–Crippen LogP) is 2.99. The Labute approximate surface area is 111 Å². The van der Waals surface area contributed by atoms with E-state index in [-0.39, 0.29) is 5.54 Å². The highest BCUT2D eigenvalue weighted by atomic mass is 15.1. The van der Waals surface area contributed by atoms with Gasteiger partial charge in [-0.1, -0.05) is 20.8 Å². The number of hydrogen-bond donors (Lipinski definition) is 1. The summed E-state index contributed by atoms with van der Waals surface area (Å²) in [5.41, 5.74) is 6.96. The van der Waals surface area contributed by atoms with Gasteiger partial charge in [0.05, 0.1) is 0 Å². The molecule has 1 heterocycles. The maximum Gasteiger partial charge on any atom is 0.110 e. The summed E-state index contributed by atoms with van der Waals surface area (Å²) in [6.07, 6.45) is 8.35. The number of aromatic nitrogens is 2. The van der Waals surface area contributed by atoms with E-state index in [9.17, 15) is 0 Å². The Morgan fingerprint density at radius 2 is 2.17 bits per heavy atom. The highest BCUT2D eigenvalue weighted by Crippen LogP contribution is 2.43. The van der Waals surface area contributed by atoms with Gasteiger partial charge in [-0.25, -0.2) is 4.98 Å². The van der Waals surface area contributed by atoms with Crippen molar-refractivity contribution in [3.05, 3.63) is 18.2 Å². The van der Waals surface area contributed by atoms with Gasteiger partial charge in [0.25, 0.3) is 0 Å². The summed E-state index contributed by atoms with van der Waals surface area (Å²) in [5.74, 6) is 1.86. The molecule has 0 aromatic carbocycles. The van der Waals surface area contributed by atoms with Crippen LogP contribution in [0.25, 0.3) is 0 Å². The molecule has 1 aromatic heterocycles. The van der Waals surface area contributed by atoms with Crippen molar-refractivity contribution < 1.29 is 0 Å². The first kappa shape index (κ1) is 13.6. The first-order chi connectivity index (χ1) is 8.34. The van der Waals surface area contributed by atoms with Crippen molar-refractivity contribution >= 4 is 0 Å². The van der Waals surface area contributed by atoms with Crippen molar-refractivity contribution in [1.82, 2.24) is 9.55 Å². The van der Waals surface area contributed by atoms with Gasteiger partial charge in [-0.05, 0) is 37.5 Å². The summed E-state index contributed by atoms with van der Waals surface area (Å²) in [6.45, 7) is 10.1. The van der Waals surface area contributed by atoms with Crippen LogP contribution in [-0.2, 0) is 13.0 Å². The minimum Gasteiger partial charge on any atom is -0.335 e. The third-order valence-electron chi connectivity index (χ3n) is 4.14. The zero-order valence-electron chi connectivity index (χ0n) is 12.2. The van der Waals surface area contributed by atoms with Crippen LogP contribution in [0.2, 0.25) is 0 Å². The second-order valence-corrected chi connectivity index (χ2v) is 7.02. The van der Waals surface area contributed by atoms with Crippen LogP contribution < -0.4 is 5.73 Å². The SMILES string of the molecule is CCn1ccnc1CC1(N)CC(C)CC(C)(C)C1. The van der Waals surface area contributed by atoms with Crippen LogP contribution in [-0.4, -0.2) is 15.1 Å². The molecule has 1 aliphatic carbocycles. The average molecular weight is 249 g/mol. The third-order valence-corrected chi connectivity index (χ3v) is 4.14. The summed E-state index contributed by atoms with van der Waals surface area (Å²) in [6, 6.07) is 0. The monoisotopic (exact) mass is 249 g/mol. The molecule has 0 bridgehead atoms. The smallest absolute Gasteiger partial charge is 0.110 e. The quantitative estimate of drug-likeness (QED) is 0.895. The first-order valence-electron chi connectivity index (χ1n) is 7.12. The van der Waals surface area contributed by atoms with Crippen molar-refractivity contribution in [2.45, 2.75) is 65.5 Å². The van der Waals surface area contributed by atoms with E-state index in [1.807, 2.05) is 6.20 Å². The van der Waals surface area contributed by atoms with Gasteiger partial charge in [-0.2, -0.15) is 0 Å². The van der Waals surface area contributed by atoms with Gasteiger partial charge >= 0.3 is 0 Å². The molecule has 0 spiro atoms. The number of aryl methyl sites for hydroxylation is 1. The number of rotatable bonds is 3. The predicted molar refractivity (Wildman–Crippen MR) is 75.3 cm³/mol. The Morgan fingerprint density at radius 1 is 1.44 bits per heavy atom. The fourth-order valence-electron chi connectivity index (χ4n) is 4.05. The molecule has 2 N–H and O–H groups in total. The second kappa shape index (κ2) is 4.69. The van der Waals surface area contributed by atoms with Crippen molar-refractivity contribution in [2.24, 2.45) is 17.1 Å². The van der Waals surface area contributed by atoms with Crippen LogP contribution in [0.1, 0.15) is 52.8 Å². The first-order valence-corrected chi connectivity index (χ1v) is 7.12. The van der Waals surface area contributed by atoms with E-state index in [1.165, 1.54) is 6.42 Å². The van der Waals surface area contributed by atoms with Gasteiger partial charge in [0.2, 0.25) is 0 Å². The van der Waals surface area contributed by atoms with Gasteiger partial charge in [0.1, 0.15) is 5.82 Å². The number of hydrogen-bond acceptors (Lipinski definition) is 2. The topological polar surface area (TPSA) is 43.8 Å². The molecule has 0 aliphatic heterocycles. The molecule has 102 valence electrons. The molecule has 2 atom stereocenters. The summed E-state index contributed by atoms with van der Waals surface area (Å²) < 4.78 is 2.21. The molecule has 18 heavy (non-hydrogen) atoms. The molecular weight excluding hydrogens is 222 g/mol. The fourth-order valence-corrected chi connectivity index (χ4v) is 4.05. The fraction of sp³-hybridized carbons (Fsp3) is 0.800. The lowest BCUT2D eigenvalue weighted by atomic mass is 9.63. The van der Waals surface area contributed by atoms with Crippen LogP contribution >= 0.6 is 0 Å². The Morgan fingerprint density at radius 3 is 2.78 bits per heavy atom. The minimum atomic E-state index is -0.0839. The van der Waals surface area contributed by atoms with Crippen LogP contribution in [0.5, 0.6) is 0 Å². The van der Waals surface area contributed by atoms with E-state index in [2.05, 4.69) is 43.4 Å². The molecule has 1 fully saturated rings. The molecule has 1 aliphatic rings. The molecule has 2 rings (SSSR count). The van der Waals surface area contributed by atoms with E-state index in [0.29, 0.717) is 11.3 Å². The van der Waals surface area contributed by atoms with Crippen molar-refractivity contribution in [1.29, 1.82) is 0 Å². The summed E-state index contributed by atoms with van der Waals surface area (Å²) in [4.78, 5) is 4.48. The maximum absolute atomic E-state index is 6.69. The lowest BCUT2D eigenvalue weighted by molar-refractivity contribution is 0.106. The average Bonchev–Trinajstić information content (AvgIpc) is 2.59. The summed E-state index contributed by atoms with van der Waals surface area (Å²) in [5, 5.41) is 0. The Kier molecular flexibility index (Phi) is 3.54. The van der Waals surface area contributed by atoms with Crippen molar-refractivity contribution in [2.75, 3.05) is 0 Å². The van der Waals surface area contributed by atoms with E-state index in [1.54, 1.807) is 0 Å². The molecule has 2 unspecified atom stereocenters. The van der Waals surface area contributed by atoms with Crippen LogP contribution in [0, 0.1) is 11.3 Å². The van der Waals surface area contributed by atoms with Gasteiger partial charge in [-0.15, -0.1) is 0 Å². The standard InChI is InChI=1S/C15H27N3/c1-5-18-7-6-17-13(18)10-15(16)9-12(2)8-14(3,4)11-15/h6-7,12H,5,8-11,16H2,1-4H3. The van der Waals surface area contributed by atoms with Gasteiger partial charge in [0.15, 0.2) is 0 Å².